The van der Waals surface area contributed by atoms with Crippen molar-refractivity contribution in [1.29, 1.82) is 0 Å². The molecule has 0 aliphatic carbocycles. The number of esters is 1. The van der Waals surface area contributed by atoms with E-state index >= 15 is 0 Å². The Morgan fingerprint density at radius 2 is 1.95 bits per heavy atom. The number of aliphatic hydroxyl groups is 1. The zero-order chi connectivity index (χ0) is 15.4. The van der Waals surface area contributed by atoms with Gasteiger partial charge in [0.2, 0.25) is 0 Å². The summed E-state index contributed by atoms with van der Waals surface area (Å²) in [5, 5.41) is 17.9. The average molecular weight is 286 g/mol. The lowest BCUT2D eigenvalue weighted by Gasteiger charge is -2.14. The first kappa shape index (κ1) is 18.6. The van der Waals surface area contributed by atoms with Crippen LogP contribution in [0, 0.1) is 5.92 Å². The second-order valence-electron chi connectivity index (χ2n) is 4.98. The smallest absolute Gasteiger partial charge is 0.309 e. The summed E-state index contributed by atoms with van der Waals surface area (Å²) in [4.78, 5) is 22.5. The highest BCUT2D eigenvalue weighted by molar-refractivity contribution is 5.79. The van der Waals surface area contributed by atoms with Crippen LogP contribution in [0.1, 0.15) is 52.4 Å². The van der Waals surface area contributed by atoms with Crippen LogP contribution in [0.25, 0.3) is 0 Å². The third-order valence-electron chi connectivity index (χ3n) is 2.88. The molecule has 5 nitrogen and oxygen atoms in total. The fraction of sp³-hybridized carbons (Fsp3) is 0.733. The molecule has 0 aliphatic heterocycles. The van der Waals surface area contributed by atoms with Crippen molar-refractivity contribution in [3.63, 3.8) is 0 Å². The molecule has 0 rings (SSSR count). The molecular weight excluding hydrogens is 260 g/mol. The zero-order valence-corrected chi connectivity index (χ0v) is 12.4. The van der Waals surface area contributed by atoms with Crippen molar-refractivity contribution in [2.45, 2.75) is 58.5 Å². The number of allylic oxidation sites excluding steroid dienone is 2. The van der Waals surface area contributed by atoms with E-state index in [1.54, 1.807) is 0 Å². The van der Waals surface area contributed by atoms with Crippen LogP contribution in [-0.2, 0) is 14.3 Å². The van der Waals surface area contributed by atoms with Gasteiger partial charge in [-0.3, -0.25) is 9.59 Å². The number of carboxylic acid groups (broad SMARTS) is 1. The number of aliphatic hydroxyl groups excluding tert-OH is 1. The molecule has 20 heavy (non-hydrogen) atoms. The summed E-state index contributed by atoms with van der Waals surface area (Å²) in [6.07, 6.45) is 7.47. The van der Waals surface area contributed by atoms with E-state index in [0.29, 0.717) is 6.42 Å². The molecule has 0 bridgehead atoms. The average Bonchev–Trinajstić information content (AvgIpc) is 2.38. The topological polar surface area (TPSA) is 83.8 Å². The highest BCUT2D eigenvalue weighted by Gasteiger charge is 2.23. The first-order valence-electron chi connectivity index (χ1n) is 7.15. The number of hydrogen-bond acceptors (Lipinski definition) is 4. The van der Waals surface area contributed by atoms with E-state index in [2.05, 4.69) is 6.08 Å². The van der Waals surface area contributed by atoms with Crippen LogP contribution in [0.3, 0.4) is 0 Å². The van der Waals surface area contributed by atoms with Gasteiger partial charge >= 0.3 is 11.9 Å². The first-order valence-corrected chi connectivity index (χ1v) is 7.15. The Kier molecular flexibility index (Phi) is 10.7. The van der Waals surface area contributed by atoms with Crippen LogP contribution in [0.4, 0.5) is 0 Å². The molecule has 0 saturated heterocycles. The van der Waals surface area contributed by atoms with Gasteiger partial charge in [0.15, 0.2) is 0 Å². The SMILES string of the molecule is C/C=C/CCCCCC(CC(=O)O)C(=O)OCC(C)O. The lowest BCUT2D eigenvalue weighted by molar-refractivity contribution is -0.155. The van der Waals surface area contributed by atoms with Gasteiger partial charge in [0.05, 0.1) is 18.4 Å². The fourth-order valence-electron chi connectivity index (χ4n) is 1.83. The minimum atomic E-state index is -1.00. The molecular formula is C15H26O5. The van der Waals surface area contributed by atoms with Crippen LogP contribution in [0.2, 0.25) is 0 Å². The maximum absolute atomic E-state index is 11.7. The lowest BCUT2D eigenvalue weighted by atomic mass is 9.97. The summed E-state index contributed by atoms with van der Waals surface area (Å²) >= 11 is 0. The third kappa shape index (κ3) is 10.6. The first-order chi connectivity index (χ1) is 9.47. The monoisotopic (exact) mass is 286 g/mol. The van der Waals surface area contributed by atoms with E-state index in [4.69, 9.17) is 14.9 Å². The normalized spacial score (nSPS) is 14.2. The number of carbonyl (C=O) groups excluding carboxylic acids is 1. The van der Waals surface area contributed by atoms with Crippen LogP contribution in [0.15, 0.2) is 12.2 Å². The van der Waals surface area contributed by atoms with E-state index in [1.807, 2.05) is 13.0 Å². The summed E-state index contributed by atoms with van der Waals surface area (Å²) in [6.45, 7) is 3.40. The van der Waals surface area contributed by atoms with Gasteiger partial charge in [0.25, 0.3) is 0 Å². The van der Waals surface area contributed by atoms with Gasteiger partial charge in [-0.1, -0.05) is 25.0 Å². The molecule has 0 spiro atoms. The predicted molar refractivity (Wildman–Crippen MR) is 76.3 cm³/mol. The van der Waals surface area contributed by atoms with Gasteiger partial charge in [-0.15, -0.1) is 0 Å². The Labute approximate surface area is 120 Å². The molecule has 2 unspecified atom stereocenters. The fourth-order valence-corrected chi connectivity index (χ4v) is 1.83. The van der Waals surface area contributed by atoms with Crippen molar-refractivity contribution in [2.75, 3.05) is 6.61 Å². The van der Waals surface area contributed by atoms with Crippen LogP contribution < -0.4 is 0 Å². The Bertz CT molecular complexity index is 309. The number of aliphatic carboxylic acids is 1. The molecule has 116 valence electrons. The maximum Gasteiger partial charge on any atom is 0.309 e. The molecule has 0 aromatic heterocycles. The number of carboxylic acids is 1. The van der Waals surface area contributed by atoms with Gasteiger partial charge in [-0.2, -0.15) is 0 Å². The Hall–Kier alpha value is -1.36. The molecule has 2 N–H and O–H groups in total. The number of hydrogen-bond donors (Lipinski definition) is 2. The van der Waals surface area contributed by atoms with E-state index in [0.717, 1.165) is 25.7 Å². The number of ether oxygens (including phenoxy) is 1. The summed E-state index contributed by atoms with van der Waals surface area (Å²) in [7, 11) is 0. The summed E-state index contributed by atoms with van der Waals surface area (Å²) in [5.41, 5.74) is 0. The third-order valence-corrected chi connectivity index (χ3v) is 2.88. The molecule has 0 aromatic rings. The Balaban J connectivity index is 4.07. The second kappa shape index (κ2) is 11.5. The molecule has 0 saturated carbocycles. The van der Waals surface area contributed by atoms with Crippen LogP contribution in [0.5, 0.6) is 0 Å². The lowest BCUT2D eigenvalue weighted by Crippen LogP contribution is -2.24. The van der Waals surface area contributed by atoms with Gasteiger partial charge in [-0.25, -0.2) is 0 Å². The van der Waals surface area contributed by atoms with Gasteiger partial charge < -0.3 is 14.9 Å². The minimum Gasteiger partial charge on any atom is -0.481 e. The summed E-state index contributed by atoms with van der Waals surface area (Å²) in [6, 6.07) is 0. The van der Waals surface area contributed by atoms with Crippen molar-refractivity contribution in [3.05, 3.63) is 12.2 Å². The predicted octanol–water partition coefficient (Wildman–Crippen LogP) is 2.53. The number of rotatable bonds is 11. The van der Waals surface area contributed by atoms with Crippen molar-refractivity contribution in [2.24, 2.45) is 5.92 Å². The van der Waals surface area contributed by atoms with Crippen molar-refractivity contribution in [1.82, 2.24) is 0 Å². The molecule has 0 heterocycles. The van der Waals surface area contributed by atoms with E-state index in [-0.39, 0.29) is 13.0 Å². The van der Waals surface area contributed by atoms with E-state index in [1.165, 1.54) is 6.92 Å². The quantitative estimate of drug-likeness (QED) is 0.346. The van der Waals surface area contributed by atoms with Crippen LogP contribution in [-0.4, -0.2) is 34.9 Å². The minimum absolute atomic E-state index is 0.0871. The standard InChI is InChI=1S/C15H26O5/c1-3-4-5-6-7-8-9-13(10-14(17)18)15(19)20-11-12(2)16/h3-4,12-13,16H,5-11H2,1-2H3,(H,17,18)/b4-3+. The molecule has 0 aliphatic rings. The maximum atomic E-state index is 11.7. The van der Waals surface area contributed by atoms with Gasteiger partial charge in [-0.05, 0) is 33.1 Å². The molecule has 0 aromatic carbocycles. The summed E-state index contributed by atoms with van der Waals surface area (Å²) < 4.78 is 4.90. The van der Waals surface area contributed by atoms with E-state index in [9.17, 15) is 9.59 Å². The van der Waals surface area contributed by atoms with Gasteiger partial charge in [0.1, 0.15) is 6.61 Å². The molecule has 0 fully saturated rings. The van der Waals surface area contributed by atoms with E-state index < -0.39 is 24.0 Å². The van der Waals surface area contributed by atoms with Crippen molar-refractivity contribution >= 4 is 11.9 Å². The molecule has 5 heteroatoms. The molecule has 0 radical (unpaired) electrons. The number of unbranched alkanes of at least 4 members (excludes halogenated alkanes) is 3. The Morgan fingerprint density at radius 1 is 1.25 bits per heavy atom. The number of carbonyl (C=O) groups is 2. The summed E-state index contributed by atoms with van der Waals surface area (Å²) in [5.74, 6) is -2.15. The highest BCUT2D eigenvalue weighted by atomic mass is 16.5. The second-order valence-corrected chi connectivity index (χ2v) is 4.98. The zero-order valence-electron chi connectivity index (χ0n) is 12.4. The van der Waals surface area contributed by atoms with Crippen molar-refractivity contribution in [3.8, 4) is 0 Å². The largest absolute Gasteiger partial charge is 0.481 e. The highest BCUT2D eigenvalue weighted by Crippen LogP contribution is 2.16. The molecule has 0 amide bonds. The van der Waals surface area contributed by atoms with Gasteiger partial charge in [0, 0.05) is 0 Å². The Morgan fingerprint density at radius 3 is 2.50 bits per heavy atom. The van der Waals surface area contributed by atoms with Crippen LogP contribution >= 0.6 is 0 Å². The van der Waals surface area contributed by atoms with Crippen molar-refractivity contribution < 1.29 is 24.5 Å². The molecule has 2 atom stereocenters.